The molecule has 182 valence electrons. The molecule has 3 heterocycles. The summed E-state index contributed by atoms with van der Waals surface area (Å²) in [6, 6.07) is 12.7. The fourth-order valence-electron chi connectivity index (χ4n) is 5.09. The van der Waals surface area contributed by atoms with Crippen LogP contribution in [0.4, 0.5) is 0 Å². The lowest BCUT2D eigenvalue weighted by Gasteiger charge is -2.29. The number of nitrogens with one attached hydrogen (secondary N) is 1. The van der Waals surface area contributed by atoms with E-state index in [1.54, 1.807) is 6.26 Å². The Labute approximate surface area is 216 Å². The molecule has 2 aliphatic rings. The Hall–Kier alpha value is -1.58. The second-order valence-electron chi connectivity index (χ2n) is 9.38. The average molecular weight is 566 g/mol. The highest BCUT2D eigenvalue weighted by Gasteiger charge is 2.27. The number of piperidine rings is 1. The third kappa shape index (κ3) is 7.72. The molecule has 2 aliphatic heterocycles. The number of hydrogen-bond acceptors (Lipinski definition) is 4. The van der Waals surface area contributed by atoms with Gasteiger partial charge < -0.3 is 19.5 Å². The molecular weight excluding hydrogens is 525 g/mol. The summed E-state index contributed by atoms with van der Waals surface area (Å²) in [5.74, 6) is 2.79. The van der Waals surface area contributed by atoms with E-state index in [0.29, 0.717) is 0 Å². The highest BCUT2D eigenvalue weighted by molar-refractivity contribution is 14.0. The number of nitrogens with zero attached hydrogens (tertiary/aromatic N) is 4. The molecule has 0 amide bonds. The van der Waals surface area contributed by atoms with E-state index in [9.17, 15) is 0 Å². The first kappa shape index (κ1) is 26.0. The topological polar surface area (TPSA) is 47.3 Å². The minimum Gasteiger partial charge on any atom is -0.468 e. The van der Waals surface area contributed by atoms with Gasteiger partial charge in [0.1, 0.15) is 5.76 Å². The van der Waals surface area contributed by atoms with Crippen LogP contribution < -0.4 is 5.32 Å². The van der Waals surface area contributed by atoms with Gasteiger partial charge in [-0.15, -0.1) is 24.0 Å². The second kappa shape index (κ2) is 13.3. The molecule has 0 radical (unpaired) electrons. The lowest BCUT2D eigenvalue weighted by molar-refractivity contribution is 0.198. The van der Waals surface area contributed by atoms with Crippen molar-refractivity contribution in [3.05, 3.63) is 59.5 Å². The first-order chi connectivity index (χ1) is 15.7. The molecule has 1 atom stereocenters. The van der Waals surface area contributed by atoms with Gasteiger partial charge in [-0.2, -0.15) is 0 Å². The third-order valence-corrected chi connectivity index (χ3v) is 6.76. The van der Waals surface area contributed by atoms with Crippen LogP contribution in [0.1, 0.15) is 42.6 Å². The first-order valence-corrected chi connectivity index (χ1v) is 12.2. The molecule has 2 aromatic rings. The van der Waals surface area contributed by atoms with Crippen LogP contribution in [0.15, 0.2) is 52.1 Å². The summed E-state index contributed by atoms with van der Waals surface area (Å²) in [5.41, 5.74) is 2.66. The molecule has 1 N–H and O–H groups in total. The predicted octanol–water partition coefficient (Wildman–Crippen LogP) is 4.41. The van der Waals surface area contributed by atoms with Crippen LogP contribution in [-0.2, 0) is 19.6 Å². The molecule has 1 unspecified atom stereocenters. The summed E-state index contributed by atoms with van der Waals surface area (Å²) in [5, 5.41) is 3.64. The molecular formula is C26H40IN5O. The van der Waals surface area contributed by atoms with Gasteiger partial charge in [0.25, 0.3) is 0 Å². The SMILES string of the molecule is CN=C(NCc1ccccc1CN(C)Cc1ccco1)N1CCC(CN2CCCCC2)C1.I. The van der Waals surface area contributed by atoms with E-state index >= 15 is 0 Å². The Morgan fingerprint density at radius 2 is 1.85 bits per heavy atom. The van der Waals surface area contributed by atoms with Crippen LogP contribution in [0, 0.1) is 5.92 Å². The Kier molecular flexibility index (Phi) is 10.5. The number of guanidine groups is 1. The molecule has 2 saturated heterocycles. The van der Waals surface area contributed by atoms with Crippen molar-refractivity contribution in [1.82, 2.24) is 20.0 Å². The number of rotatable bonds is 8. The van der Waals surface area contributed by atoms with Crippen molar-refractivity contribution >= 4 is 29.9 Å². The molecule has 7 heteroatoms. The lowest BCUT2D eigenvalue weighted by atomic mass is 10.1. The average Bonchev–Trinajstić information content (AvgIpc) is 3.48. The van der Waals surface area contributed by atoms with Crippen LogP contribution >= 0.6 is 24.0 Å². The third-order valence-electron chi connectivity index (χ3n) is 6.76. The Balaban J connectivity index is 0.00000306. The van der Waals surface area contributed by atoms with E-state index in [0.717, 1.165) is 50.4 Å². The van der Waals surface area contributed by atoms with Crippen LogP contribution in [0.3, 0.4) is 0 Å². The van der Waals surface area contributed by atoms with Gasteiger partial charge in [-0.1, -0.05) is 30.7 Å². The maximum Gasteiger partial charge on any atom is 0.193 e. The molecule has 1 aromatic carbocycles. The van der Waals surface area contributed by atoms with Gasteiger partial charge in [-0.3, -0.25) is 9.89 Å². The molecule has 6 nitrogen and oxygen atoms in total. The summed E-state index contributed by atoms with van der Waals surface area (Å²) in [6.45, 7) is 8.53. The molecule has 0 saturated carbocycles. The minimum absolute atomic E-state index is 0. The normalized spacial score (nSPS) is 19.7. The number of halogens is 1. The van der Waals surface area contributed by atoms with Gasteiger partial charge in [-0.05, 0) is 68.6 Å². The van der Waals surface area contributed by atoms with E-state index in [1.165, 1.54) is 56.4 Å². The van der Waals surface area contributed by atoms with Gasteiger partial charge in [-0.25, -0.2) is 0 Å². The number of furan rings is 1. The van der Waals surface area contributed by atoms with Crippen LogP contribution in [0.5, 0.6) is 0 Å². The zero-order valence-electron chi connectivity index (χ0n) is 20.2. The molecule has 0 aliphatic carbocycles. The molecule has 1 aromatic heterocycles. The summed E-state index contributed by atoms with van der Waals surface area (Å²) >= 11 is 0. The molecule has 4 rings (SSSR count). The summed E-state index contributed by atoms with van der Waals surface area (Å²) in [4.78, 5) is 12.0. The van der Waals surface area contributed by atoms with Crippen molar-refractivity contribution in [3.63, 3.8) is 0 Å². The van der Waals surface area contributed by atoms with E-state index in [2.05, 4.69) is 56.3 Å². The number of aliphatic imine (C=N–C) groups is 1. The first-order valence-electron chi connectivity index (χ1n) is 12.2. The van der Waals surface area contributed by atoms with Crippen LogP contribution in [0.2, 0.25) is 0 Å². The predicted molar refractivity (Wildman–Crippen MR) is 146 cm³/mol. The molecule has 0 spiro atoms. The van der Waals surface area contributed by atoms with E-state index in [-0.39, 0.29) is 24.0 Å². The van der Waals surface area contributed by atoms with Crippen molar-refractivity contribution in [1.29, 1.82) is 0 Å². The summed E-state index contributed by atoms with van der Waals surface area (Å²) in [7, 11) is 4.04. The summed E-state index contributed by atoms with van der Waals surface area (Å²) in [6.07, 6.45) is 7.16. The second-order valence-corrected chi connectivity index (χ2v) is 9.38. The smallest absolute Gasteiger partial charge is 0.193 e. The van der Waals surface area contributed by atoms with Gasteiger partial charge in [0.15, 0.2) is 5.96 Å². The molecule has 0 bridgehead atoms. The maximum absolute atomic E-state index is 5.50. The van der Waals surface area contributed by atoms with Crippen molar-refractivity contribution in [2.45, 2.75) is 45.3 Å². The fraction of sp³-hybridized carbons (Fsp3) is 0.577. The van der Waals surface area contributed by atoms with Crippen molar-refractivity contribution in [2.75, 3.05) is 46.8 Å². The van der Waals surface area contributed by atoms with E-state index in [4.69, 9.17) is 4.42 Å². The van der Waals surface area contributed by atoms with Crippen molar-refractivity contribution < 1.29 is 4.42 Å². The van der Waals surface area contributed by atoms with Crippen LogP contribution in [-0.4, -0.2) is 67.5 Å². The van der Waals surface area contributed by atoms with Gasteiger partial charge in [0.2, 0.25) is 0 Å². The van der Waals surface area contributed by atoms with Gasteiger partial charge >= 0.3 is 0 Å². The standard InChI is InChI=1S/C26H39N5O.HI/c1-27-26(31-15-12-22(19-31)18-30-13-6-3-7-14-30)28-17-23-9-4-5-10-24(23)20-29(2)21-25-11-8-16-32-25;/h4-5,8-11,16,22H,3,6-7,12-15,17-21H2,1-2H3,(H,27,28);1H. The Morgan fingerprint density at radius 3 is 2.58 bits per heavy atom. The highest BCUT2D eigenvalue weighted by Crippen LogP contribution is 2.20. The largest absolute Gasteiger partial charge is 0.468 e. The highest BCUT2D eigenvalue weighted by atomic mass is 127. The van der Waals surface area contributed by atoms with Crippen molar-refractivity contribution in [2.24, 2.45) is 10.9 Å². The fourth-order valence-corrected chi connectivity index (χ4v) is 5.09. The number of benzene rings is 1. The number of hydrogen-bond donors (Lipinski definition) is 1. The van der Waals surface area contributed by atoms with E-state index < -0.39 is 0 Å². The molecule has 33 heavy (non-hydrogen) atoms. The minimum atomic E-state index is 0. The lowest BCUT2D eigenvalue weighted by Crippen LogP contribution is -2.41. The molecule has 2 fully saturated rings. The monoisotopic (exact) mass is 565 g/mol. The Bertz CT molecular complexity index is 850. The quantitative estimate of drug-likeness (QED) is 0.292. The maximum atomic E-state index is 5.50. The van der Waals surface area contributed by atoms with Crippen molar-refractivity contribution in [3.8, 4) is 0 Å². The number of likely N-dealkylation sites (tertiary alicyclic amines) is 2. The van der Waals surface area contributed by atoms with Gasteiger partial charge in [0, 0.05) is 39.8 Å². The van der Waals surface area contributed by atoms with E-state index in [1.807, 2.05) is 19.2 Å². The van der Waals surface area contributed by atoms with Gasteiger partial charge in [0.05, 0.1) is 12.8 Å². The Morgan fingerprint density at radius 1 is 1.06 bits per heavy atom. The zero-order chi connectivity index (χ0) is 22.2. The zero-order valence-corrected chi connectivity index (χ0v) is 22.5. The van der Waals surface area contributed by atoms with Crippen LogP contribution in [0.25, 0.3) is 0 Å². The summed E-state index contributed by atoms with van der Waals surface area (Å²) < 4.78 is 5.50.